The molecule has 0 aliphatic heterocycles. The molecule has 1 aliphatic carbocycles. The second kappa shape index (κ2) is 5.66. The molecule has 2 atom stereocenters. The Hall–Kier alpha value is -0.580. The van der Waals surface area contributed by atoms with Crippen molar-refractivity contribution in [1.82, 2.24) is 5.32 Å². The fourth-order valence-electron chi connectivity index (χ4n) is 1.94. The molecule has 1 unspecified atom stereocenters. The highest BCUT2D eigenvalue weighted by molar-refractivity contribution is 7.10. The Morgan fingerprint density at radius 1 is 1.69 bits per heavy atom. The summed E-state index contributed by atoms with van der Waals surface area (Å²) in [6.45, 7) is 1.71. The molecule has 3 N–H and O–H groups in total. The number of aryl methyl sites for hydroxylation is 1. The first-order valence-electron chi connectivity index (χ1n) is 5.30. The van der Waals surface area contributed by atoms with Gasteiger partial charge in [0, 0.05) is 4.88 Å². The van der Waals surface area contributed by atoms with Crippen LogP contribution in [0, 0.1) is 0 Å². The van der Waals surface area contributed by atoms with Gasteiger partial charge in [0.25, 0.3) is 0 Å². The first-order valence-corrected chi connectivity index (χ1v) is 6.18. The summed E-state index contributed by atoms with van der Waals surface area (Å²) in [7, 11) is 0. The fraction of sp³-hybridized carbons (Fsp3) is 0.545. The van der Waals surface area contributed by atoms with Crippen LogP contribution in [-0.4, -0.2) is 11.9 Å². The van der Waals surface area contributed by atoms with E-state index in [9.17, 15) is 4.79 Å². The molecule has 90 valence electrons. The molecule has 1 aromatic heterocycles. The third-order valence-electron chi connectivity index (χ3n) is 2.78. The Kier molecular flexibility index (Phi) is 4.77. The van der Waals surface area contributed by atoms with Crippen LogP contribution in [0.2, 0.25) is 0 Å². The van der Waals surface area contributed by atoms with Gasteiger partial charge in [0.15, 0.2) is 0 Å². The van der Waals surface area contributed by atoms with Crippen molar-refractivity contribution in [2.75, 3.05) is 0 Å². The molecule has 5 heteroatoms. The molecule has 0 radical (unpaired) electrons. The van der Waals surface area contributed by atoms with Gasteiger partial charge in [-0.15, -0.1) is 23.7 Å². The lowest BCUT2D eigenvalue weighted by Gasteiger charge is -2.24. The molecule has 1 heterocycles. The molecule has 0 bridgehead atoms. The highest BCUT2D eigenvalue weighted by atomic mass is 35.5. The zero-order valence-corrected chi connectivity index (χ0v) is 10.9. The Bertz CT molecular complexity index is 365. The minimum Gasteiger partial charge on any atom is -0.348 e. The summed E-state index contributed by atoms with van der Waals surface area (Å²) in [6.07, 6.45) is 3.33. The first-order chi connectivity index (χ1) is 7.18. The maximum absolute atomic E-state index is 11.5. The third-order valence-corrected chi connectivity index (χ3v) is 3.78. The molecule has 16 heavy (non-hydrogen) atoms. The molecule has 1 aromatic rings. The quantitative estimate of drug-likeness (QED) is 0.855. The maximum atomic E-state index is 11.5. The van der Waals surface area contributed by atoms with Crippen molar-refractivity contribution in [3.8, 4) is 0 Å². The van der Waals surface area contributed by atoms with Crippen LogP contribution in [0.25, 0.3) is 0 Å². The summed E-state index contributed by atoms with van der Waals surface area (Å²) in [5, 5.41) is 5.10. The lowest BCUT2D eigenvalue weighted by molar-refractivity contribution is -0.122. The van der Waals surface area contributed by atoms with Gasteiger partial charge in [-0.05, 0) is 43.2 Å². The van der Waals surface area contributed by atoms with E-state index in [1.165, 1.54) is 10.4 Å². The molecule has 1 aliphatic rings. The second-order valence-corrected chi connectivity index (χ2v) is 5.04. The number of carbonyl (C=O) groups excluding carboxylic acids is 1. The number of halogens is 1. The van der Waals surface area contributed by atoms with Gasteiger partial charge < -0.3 is 11.1 Å². The summed E-state index contributed by atoms with van der Waals surface area (Å²) >= 11 is 1.78. The van der Waals surface area contributed by atoms with Crippen molar-refractivity contribution >= 4 is 29.7 Å². The van der Waals surface area contributed by atoms with Gasteiger partial charge >= 0.3 is 0 Å². The molecule has 0 saturated heterocycles. The van der Waals surface area contributed by atoms with E-state index >= 15 is 0 Å². The molecular weight excluding hydrogens is 244 g/mol. The van der Waals surface area contributed by atoms with E-state index in [0.717, 1.165) is 19.3 Å². The average molecular weight is 261 g/mol. The molecule has 1 amide bonds. The predicted octanol–water partition coefficient (Wildman–Crippen LogP) is 2.01. The highest BCUT2D eigenvalue weighted by Crippen LogP contribution is 2.33. The highest BCUT2D eigenvalue weighted by Gasteiger charge is 2.23. The monoisotopic (exact) mass is 260 g/mol. The van der Waals surface area contributed by atoms with Crippen molar-refractivity contribution in [2.24, 2.45) is 5.73 Å². The van der Waals surface area contributed by atoms with E-state index in [4.69, 9.17) is 5.73 Å². The van der Waals surface area contributed by atoms with Crippen LogP contribution in [0.1, 0.15) is 36.2 Å². The smallest absolute Gasteiger partial charge is 0.237 e. The fourth-order valence-corrected chi connectivity index (χ4v) is 2.93. The SMILES string of the molecule is C[C@@H](N)C(=O)NC1CCCc2sccc21.Cl. The largest absolute Gasteiger partial charge is 0.348 e. The van der Waals surface area contributed by atoms with Gasteiger partial charge in [0.2, 0.25) is 5.91 Å². The molecule has 0 fully saturated rings. The van der Waals surface area contributed by atoms with Crippen molar-refractivity contribution in [3.63, 3.8) is 0 Å². The minimum absolute atomic E-state index is 0. The van der Waals surface area contributed by atoms with Crippen LogP contribution in [0.4, 0.5) is 0 Å². The van der Waals surface area contributed by atoms with Crippen molar-refractivity contribution in [2.45, 2.75) is 38.3 Å². The van der Waals surface area contributed by atoms with Gasteiger partial charge in [-0.3, -0.25) is 4.79 Å². The lowest BCUT2D eigenvalue weighted by Crippen LogP contribution is -2.40. The van der Waals surface area contributed by atoms with Crippen LogP contribution < -0.4 is 11.1 Å². The van der Waals surface area contributed by atoms with E-state index in [-0.39, 0.29) is 24.4 Å². The summed E-state index contributed by atoms with van der Waals surface area (Å²) in [5.74, 6) is -0.0564. The number of carbonyl (C=O) groups is 1. The average Bonchev–Trinajstić information content (AvgIpc) is 2.66. The van der Waals surface area contributed by atoms with Crippen LogP contribution in [0.3, 0.4) is 0 Å². The Morgan fingerprint density at radius 3 is 3.12 bits per heavy atom. The van der Waals surface area contributed by atoms with Gasteiger partial charge in [-0.1, -0.05) is 0 Å². The topological polar surface area (TPSA) is 55.1 Å². The number of thiophene rings is 1. The normalized spacial score (nSPS) is 20.5. The molecule has 0 aromatic carbocycles. The van der Waals surface area contributed by atoms with E-state index in [1.54, 1.807) is 18.3 Å². The van der Waals surface area contributed by atoms with E-state index < -0.39 is 6.04 Å². The Labute approximate surface area is 106 Å². The lowest BCUT2D eigenvalue weighted by atomic mass is 9.94. The van der Waals surface area contributed by atoms with Gasteiger partial charge in [0.05, 0.1) is 12.1 Å². The molecular formula is C11H17ClN2OS. The number of hydrogen-bond acceptors (Lipinski definition) is 3. The molecule has 3 nitrogen and oxygen atoms in total. The Morgan fingerprint density at radius 2 is 2.44 bits per heavy atom. The number of rotatable bonds is 2. The number of fused-ring (bicyclic) bond motifs is 1. The zero-order valence-electron chi connectivity index (χ0n) is 9.23. The predicted molar refractivity (Wildman–Crippen MR) is 69.0 cm³/mol. The minimum atomic E-state index is -0.422. The number of amides is 1. The number of hydrogen-bond donors (Lipinski definition) is 2. The zero-order chi connectivity index (χ0) is 10.8. The van der Waals surface area contributed by atoms with Crippen LogP contribution >= 0.6 is 23.7 Å². The summed E-state index contributed by atoms with van der Waals surface area (Å²) in [4.78, 5) is 12.9. The second-order valence-electron chi connectivity index (χ2n) is 4.04. The van der Waals surface area contributed by atoms with E-state index in [0.29, 0.717) is 0 Å². The number of nitrogens with one attached hydrogen (secondary N) is 1. The van der Waals surface area contributed by atoms with Crippen LogP contribution in [0.5, 0.6) is 0 Å². The standard InChI is InChI=1S/C11H16N2OS.ClH/c1-7(12)11(14)13-9-3-2-4-10-8(9)5-6-15-10;/h5-7,9H,2-4,12H2,1H3,(H,13,14);1H/t7-,9?;/m1./s1. The first kappa shape index (κ1) is 13.5. The van der Waals surface area contributed by atoms with Crippen molar-refractivity contribution < 1.29 is 4.79 Å². The maximum Gasteiger partial charge on any atom is 0.237 e. The van der Waals surface area contributed by atoms with E-state index in [1.807, 2.05) is 0 Å². The molecule has 2 rings (SSSR count). The summed E-state index contributed by atoms with van der Waals surface area (Å²) < 4.78 is 0. The third kappa shape index (κ3) is 2.75. The van der Waals surface area contributed by atoms with Crippen molar-refractivity contribution in [1.29, 1.82) is 0 Å². The Balaban J connectivity index is 0.00000128. The van der Waals surface area contributed by atoms with Gasteiger partial charge in [0.1, 0.15) is 0 Å². The summed E-state index contributed by atoms with van der Waals surface area (Å²) in [6, 6.07) is 1.87. The molecule has 0 spiro atoms. The van der Waals surface area contributed by atoms with Crippen molar-refractivity contribution in [3.05, 3.63) is 21.9 Å². The van der Waals surface area contributed by atoms with Crippen LogP contribution in [-0.2, 0) is 11.2 Å². The van der Waals surface area contributed by atoms with Gasteiger partial charge in [-0.25, -0.2) is 0 Å². The van der Waals surface area contributed by atoms with Gasteiger partial charge in [-0.2, -0.15) is 0 Å². The van der Waals surface area contributed by atoms with E-state index in [2.05, 4.69) is 16.8 Å². The van der Waals surface area contributed by atoms with Crippen LogP contribution in [0.15, 0.2) is 11.4 Å². The number of nitrogens with two attached hydrogens (primary N) is 1. The summed E-state index contributed by atoms with van der Waals surface area (Å²) in [5.41, 5.74) is 6.83. The molecule has 0 saturated carbocycles.